The van der Waals surface area contributed by atoms with E-state index in [1.807, 2.05) is 85.3 Å². The monoisotopic (exact) mass is 377 g/mol. The van der Waals surface area contributed by atoms with Crippen LogP contribution < -0.4 is 0 Å². The predicted octanol–water partition coefficient (Wildman–Crippen LogP) is 6.30. The second-order valence-corrected chi connectivity index (χ2v) is 6.28. The number of para-hydroxylation sites is 2. The number of pyridine rings is 2. The second-order valence-electron chi connectivity index (χ2n) is 6.28. The number of rotatable bonds is 0. The van der Waals surface area contributed by atoms with Crippen molar-refractivity contribution in [3.63, 3.8) is 0 Å². The molecule has 0 aliphatic carbocycles. The molecule has 0 atom stereocenters. The fourth-order valence-corrected chi connectivity index (χ4v) is 2.85. The van der Waals surface area contributed by atoms with Crippen LogP contribution in [0.25, 0.3) is 32.6 Å². The molecule has 3 aromatic heterocycles. The van der Waals surface area contributed by atoms with Crippen LogP contribution in [0, 0.1) is 0 Å². The number of nitrogens with zero attached hydrogens (tertiary/aromatic N) is 3. The first-order chi connectivity index (χ1) is 14.4. The molecule has 0 amide bonds. The summed E-state index contributed by atoms with van der Waals surface area (Å²) >= 11 is 0. The number of aromatic nitrogens is 3. The first kappa shape index (κ1) is 18.3. The summed E-state index contributed by atoms with van der Waals surface area (Å²) in [4.78, 5) is 8.19. The third kappa shape index (κ3) is 4.82. The zero-order chi connectivity index (χ0) is 19.7. The van der Waals surface area contributed by atoms with E-state index in [4.69, 9.17) is 4.52 Å². The largest absolute Gasteiger partial charge is 0.356 e. The Morgan fingerprint density at radius 1 is 0.517 bits per heavy atom. The van der Waals surface area contributed by atoms with Crippen molar-refractivity contribution in [1.82, 2.24) is 15.1 Å². The Balaban J connectivity index is 0.000000106. The van der Waals surface area contributed by atoms with Crippen molar-refractivity contribution in [2.75, 3.05) is 0 Å². The minimum Gasteiger partial charge on any atom is -0.356 e. The van der Waals surface area contributed by atoms with Gasteiger partial charge in [-0.15, -0.1) is 0 Å². The van der Waals surface area contributed by atoms with Gasteiger partial charge in [-0.25, -0.2) is 0 Å². The first-order valence-corrected chi connectivity index (χ1v) is 9.28. The number of fused-ring (bicyclic) bond motifs is 3. The minimum absolute atomic E-state index is 0.845. The van der Waals surface area contributed by atoms with E-state index in [9.17, 15) is 0 Å². The van der Waals surface area contributed by atoms with Gasteiger partial charge in [-0.05, 0) is 41.1 Å². The van der Waals surface area contributed by atoms with Crippen LogP contribution in [-0.4, -0.2) is 15.1 Å². The Hall–Kier alpha value is -4.05. The van der Waals surface area contributed by atoms with Gasteiger partial charge in [-0.1, -0.05) is 65.8 Å². The Morgan fingerprint density at radius 3 is 2.00 bits per heavy atom. The van der Waals surface area contributed by atoms with E-state index in [2.05, 4.69) is 39.4 Å². The second kappa shape index (κ2) is 9.24. The molecular formula is C25H19N3O. The Bertz CT molecular complexity index is 1100. The van der Waals surface area contributed by atoms with Gasteiger partial charge in [-0.2, -0.15) is 0 Å². The quantitative estimate of drug-likeness (QED) is 0.312. The maximum absolute atomic E-state index is 4.87. The zero-order valence-electron chi connectivity index (χ0n) is 15.7. The fourth-order valence-electron chi connectivity index (χ4n) is 2.85. The van der Waals surface area contributed by atoms with Gasteiger partial charge in [-0.3, -0.25) is 9.97 Å². The van der Waals surface area contributed by atoms with Crippen molar-refractivity contribution in [3.8, 4) is 0 Å². The lowest BCUT2D eigenvalue weighted by Crippen LogP contribution is -1.73. The molecule has 3 aromatic carbocycles. The minimum atomic E-state index is 0.845. The van der Waals surface area contributed by atoms with Crippen molar-refractivity contribution in [2.45, 2.75) is 0 Å². The molecule has 0 saturated heterocycles. The summed E-state index contributed by atoms with van der Waals surface area (Å²) in [6, 6.07) is 30.0. The summed E-state index contributed by atoms with van der Waals surface area (Å²) < 4.78 is 4.87. The molecule has 4 heteroatoms. The molecule has 0 spiro atoms. The normalized spacial score (nSPS) is 10.1. The fraction of sp³-hybridized carbons (Fsp3) is 0. The lowest BCUT2D eigenvalue weighted by atomic mass is 10.2. The van der Waals surface area contributed by atoms with E-state index in [1.165, 1.54) is 16.2 Å². The van der Waals surface area contributed by atoms with Crippen molar-refractivity contribution >= 4 is 32.6 Å². The number of hydrogen-bond acceptors (Lipinski definition) is 4. The SMILES string of the molecule is c1ccc2cnccc2c1.c1ccc2ncccc2c1.c1ccc2oncc2c1. The van der Waals surface area contributed by atoms with Crippen LogP contribution in [-0.2, 0) is 0 Å². The van der Waals surface area contributed by atoms with E-state index in [1.54, 1.807) is 6.20 Å². The molecule has 0 bridgehead atoms. The highest BCUT2D eigenvalue weighted by Crippen LogP contribution is 2.11. The molecule has 4 nitrogen and oxygen atoms in total. The summed E-state index contributed by atoms with van der Waals surface area (Å²) in [5.41, 5.74) is 1.91. The highest BCUT2D eigenvalue weighted by atomic mass is 16.5. The third-order valence-corrected chi connectivity index (χ3v) is 4.32. The number of benzene rings is 3. The maximum Gasteiger partial charge on any atom is 0.166 e. The maximum atomic E-state index is 4.87. The van der Waals surface area contributed by atoms with Gasteiger partial charge in [0.05, 0.1) is 11.7 Å². The van der Waals surface area contributed by atoms with Crippen molar-refractivity contribution in [2.24, 2.45) is 0 Å². The zero-order valence-corrected chi connectivity index (χ0v) is 15.7. The molecule has 6 aromatic rings. The highest BCUT2D eigenvalue weighted by molar-refractivity contribution is 5.81. The van der Waals surface area contributed by atoms with Crippen LogP contribution in [0.1, 0.15) is 0 Å². The van der Waals surface area contributed by atoms with Crippen LogP contribution in [0.4, 0.5) is 0 Å². The van der Waals surface area contributed by atoms with Crippen molar-refractivity contribution in [1.29, 1.82) is 0 Å². The molecule has 0 aliphatic heterocycles. The topological polar surface area (TPSA) is 51.8 Å². The standard InChI is InChI=1S/2C9H7N.C7H5NO/c1-2-6-9-8(4-1)5-3-7-10-9;1-2-4-9-7-10-6-5-8(9)3-1;1-2-4-7-6(3-1)5-8-9-7/h2*1-7H;1-5H. The summed E-state index contributed by atoms with van der Waals surface area (Å²) in [6.45, 7) is 0. The summed E-state index contributed by atoms with van der Waals surface area (Å²) in [5, 5.41) is 8.33. The van der Waals surface area contributed by atoms with Gasteiger partial charge in [0.25, 0.3) is 0 Å². The lowest BCUT2D eigenvalue weighted by molar-refractivity contribution is 0.456. The molecule has 0 unspecified atom stereocenters. The molecule has 140 valence electrons. The van der Waals surface area contributed by atoms with E-state index in [-0.39, 0.29) is 0 Å². The molecule has 0 N–H and O–H groups in total. The van der Waals surface area contributed by atoms with Crippen LogP contribution in [0.15, 0.2) is 120 Å². The average molecular weight is 377 g/mol. The summed E-state index contributed by atoms with van der Waals surface area (Å²) in [5.74, 6) is 0. The van der Waals surface area contributed by atoms with Crippen LogP contribution in [0.5, 0.6) is 0 Å². The van der Waals surface area contributed by atoms with E-state index in [0.29, 0.717) is 0 Å². The van der Waals surface area contributed by atoms with Gasteiger partial charge >= 0.3 is 0 Å². The molecule has 6 rings (SSSR count). The average Bonchev–Trinajstić information content (AvgIpc) is 3.29. The van der Waals surface area contributed by atoms with E-state index in [0.717, 1.165) is 16.5 Å². The predicted molar refractivity (Wildman–Crippen MR) is 117 cm³/mol. The Labute approximate surface area is 168 Å². The molecule has 29 heavy (non-hydrogen) atoms. The van der Waals surface area contributed by atoms with E-state index >= 15 is 0 Å². The van der Waals surface area contributed by atoms with Gasteiger partial charge in [0.2, 0.25) is 0 Å². The third-order valence-electron chi connectivity index (χ3n) is 4.32. The van der Waals surface area contributed by atoms with Crippen LogP contribution in [0.2, 0.25) is 0 Å². The van der Waals surface area contributed by atoms with Crippen molar-refractivity contribution in [3.05, 3.63) is 116 Å². The smallest absolute Gasteiger partial charge is 0.166 e. The van der Waals surface area contributed by atoms with Gasteiger partial charge in [0, 0.05) is 29.4 Å². The molecule has 3 heterocycles. The van der Waals surface area contributed by atoms with Crippen LogP contribution in [0.3, 0.4) is 0 Å². The summed E-state index contributed by atoms with van der Waals surface area (Å²) in [6.07, 6.45) is 7.19. The molecule has 0 saturated carbocycles. The summed E-state index contributed by atoms with van der Waals surface area (Å²) in [7, 11) is 0. The molecule has 0 radical (unpaired) electrons. The van der Waals surface area contributed by atoms with E-state index < -0.39 is 0 Å². The first-order valence-electron chi connectivity index (χ1n) is 9.28. The number of hydrogen-bond donors (Lipinski definition) is 0. The molecule has 0 aliphatic rings. The lowest BCUT2D eigenvalue weighted by Gasteiger charge is -1.91. The highest BCUT2D eigenvalue weighted by Gasteiger charge is 1.91. The Morgan fingerprint density at radius 2 is 1.21 bits per heavy atom. The Kier molecular flexibility index (Phi) is 5.84. The van der Waals surface area contributed by atoms with Gasteiger partial charge < -0.3 is 4.52 Å². The molecule has 0 fully saturated rings. The molecular weight excluding hydrogens is 358 g/mol. The van der Waals surface area contributed by atoms with Crippen molar-refractivity contribution < 1.29 is 4.52 Å². The van der Waals surface area contributed by atoms with Gasteiger partial charge in [0.1, 0.15) is 0 Å². The van der Waals surface area contributed by atoms with Crippen LogP contribution >= 0.6 is 0 Å². The van der Waals surface area contributed by atoms with Gasteiger partial charge in [0.15, 0.2) is 5.58 Å².